The van der Waals surface area contributed by atoms with Crippen molar-refractivity contribution in [3.8, 4) is 5.75 Å². The molecule has 0 amide bonds. The van der Waals surface area contributed by atoms with Gasteiger partial charge in [0, 0.05) is 7.11 Å². The van der Waals surface area contributed by atoms with Gasteiger partial charge in [-0.05, 0) is 47.9 Å². The number of carboxylic acids is 1. The SMILES string of the molecule is COCc1cc(OC)c(F)cc1C(CC(=O)O)C1CC1. The Hall–Kier alpha value is -1.62. The zero-order valence-electron chi connectivity index (χ0n) is 11.7. The minimum absolute atomic E-state index is 0.0210. The number of ether oxygens (including phenoxy) is 2. The lowest BCUT2D eigenvalue weighted by Crippen LogP contribution is -2.12. The molecule has 1 N–H and O–H groups in total. The van der Waals surface area contributed by atoms with Gasteiger partial charge in [0.05, 0.1) is 20.1 Å². The highest BCUT2D eigenvalue weighted by Crippen LogP contribution is 2.46. The van der Waals surface area contributed by atoms with Crippen LogP contribution in [-0.4, -0.2) is 25.3 Å². The summed E-state index contributed by atoms with van der Waals surface area (Å²) in [6, 6.07) is 3.00. The first-order chi connectivity index (χ1) is 9.56. The van der Waals surface area contributed by atoms with E-state index in [0.717, 1.165) is 24.0 Å². The van der Waals surface area contributed by atoms with E-state index in [-0.39, 0.29) is 18.1 Å². The molecule has 1 saturated carbocycles. The van der Waals surface area contributed by atoms with Gasteiger partial charge in [0.25, 0.3) is 0 Å². The van der Waals surface area contributed by atoms with Gasteiger partial charge >= 0.3 is 5.97 Å². The first-order valence-corrected chi connectivity index (χ1v) is 6.63. The molecule has 20 heavy (non-hydrogen) atoms. The Kier molecular flexibility index (Phi) is 4.60. The van der Waals surface area contributed by atoms with Gasteiger partial charge in [-0.1, -0.05) is 0 Å². The van der Waals surface area contributed by atoms with Crippen molar-refractivity contribution in [3.63, 3.8) is 0 Å². The minimum Gasteiger partial charge on any atom is -0.494 e. The maximum absolute atomic E-state index is 13.9. The second-order valence-corrected chi connectivity index (χ2v) is 5.16. The molecular weight excluding hydrogens is 263 g/mol. The number of carboxylic acid groups (broad SMARTS) is 1. The summed E-state index contributed by atoms with van der Waals surface area (Å²) in [4.78, 5) is 11.0. The second-order valence-electron chi connectivity index (χ2n) is 5.16. The van der Waals surface area contributed by atoms with Crippen molar-refractivity contribution in [2.24, 2.45) is 5.92 Å². The summed E-state index contributed by atoms with van der Waals surface area (Å²) in [6.45, 7) is 0.314. The summed E-state index contributed by atoms with van der Waals surface area (Å²) >= 11 is 0. The van der Waals surface area contributed by atoms with Crippen molar-refractivity contribution in [1.29, 1.82) is 0 Å². The van der Waals surface area contributed by atoms with Crippen LogP contribution < -0.4 is 4.74 Å². The summed E-state index contributed by atoms with van der Waals surface area (Å²) < 4.78 is 24.1. The Morgan fingerprint density at radius 3 is 2.65 bits per heavy atom. The predicted octanol–water partition coefficient (Wildman–Crippen LogP) is 2.95. The third-order valence-electron chi connectivity index (χ3n) is 3.70. The smallest absolute Gasteiger partial charge is 0.303 e. The number of hydrogen-bond donors (Lipinski definition) is 1. The van der Waals surface area contributed by atoms with Crippen LogP contribution in [0.4, 0.5) is 4.39 Å². The van der Waals surface area contributed by atoms with Gasteiger partial charge in [-0.25, -0.2) is 4.39 Å². The van der Waals surface area contributed by atoms with E-state index in [1.807, 2.05) is 0 Å². The quantitative estimate of drug-likeness (QED) is 0.835. The van der Waals surface area contributed by atoms with Crippen molar-refractivity contribution in [1.82, 2.24) is 0 Å². The highest BCUT2D eigenvalue weighted by atomic mass is 19.1. The number of hydrogen-bond acceptors (Lipinski definition) is 3. The Morgan fingerprint density at radius 1 is 1.45 bits per heavy atom. The Labute approximate surface area is 117 Å². The monoisotopic (exact) mass is 282 g/mol. The number of carbonyl (C=O) groups is 1. The number of methoxy groups -OCH3 is 2. The molecule has 0 aromatic heterocycles. The lowest BCUT2D eigenvalue weighted by molar-refractivity contribution is -0.137. The number of rotatable bonds is 7. The molecule has 1 fully saturated rings. The largest absolute Gasteiger partial charge is 0.494 e. The Morgan fingerprint density at radius 2 is 2.15 bits per heavy atom. The van der Waals surface area contributed by atoms with Gasteiger partial charge in [0.15, 0.2) is 11.6 Å². The van der Waals surface area contributed by atoms with Crippen LogP contribution in [0.2, 0.25) is 0 Å². The first kappa shape index (κ1) is 14.8. The molecule has 0 saturated heterocycles. The molecular formula is C15H19FO4. The van der Waals surface area contributed by atoms with Crippen LogP contribution in [-0.2, 0) is 16.1 Å². The van der Waals surface area contributed by atoms with E-state index < -0.39 is 11.8 Å². The lowest BCUT2D eigenvalue weighted by Gasteiger charge is -2.19. The topological polar surface area (TPSA) is 55.8 Å². The van der Waals surface area contributed by atoms with E-state index in [9.17, 15) is 9.18 Å². The minimum atomic E-state index is -0.860. The molecule has 110 valence electrons. The van der Waals surface area contributed by atoms with Gasteiger partial charge in [-0.3, -0.25) is 4.79 Å². The molecule has 1 aromatic carbocycles. The number of halogens is 1. The summed E-state index contributed by atoms with van der Waals surface area (Å²) in [5, 5.41) is 9.06. The molecule has 1 unspecified atom stereocenters. The van der Waals surface area contributed by atoms with Crippen molar-refractivity contribution >= 4 is 5.97 Å². The summed E-state index contributed by atoms with van der Waals surface area (Å²) in [5.74, 6) is -0.988. The zero-order valence-corrected chi connectivity index (χ0v) is 11.7. The molecule has 5 heteroatoms. The van der Waals surface area contributed by atoms with E-state index in [1.54, 1.807) is 13.2 Å². The van der Waals surface area contributed by atoms with Crippen LogP contribution >= 0.6 is 0 Å². The van der Waals surface area contributed by atoms with Crippen LogP contribution in [0.3, 0.4) is 0 Å². The highest BCUT2D eigenvalue weighted by Gasteiger charge is 2.35. The fourth-order valence-electron chi connectivity index (χ4n) is 2.61. The molecule has 1 atom stereocenters. The van der Waals surface area contributed by atoms with Gasteiger partial charge < -0.3 is 14.6 Å². The van der Waals surface area contributed by atoms with Gasteiger partial charge in [-0.15, -0.1) is 0 Å². The van der Waals surface area contributed by atoms with Crippen LogP contribution in [0.5, 0.6) is 5.75 Å². The molecule has 2 rings (SSSR count). The third kappa shape index (κ3) is 3.28. The summed E-state index contributed by atoms with van der Waals surface area (Å²) in [7, 11) is 2.97. The van der Waals surface area contributed by atoms with E-state index in [1.165, 1.54) is 13.2 Å². The van der Waals surface area contributed by atoms with Crippen LogP contribution in [0, 0.1) is 11.7 Å². The highest BCUT2D eigenvalue weighted by molar-refractivity contribution is 5.68. The van der Waals surface area contributed by atoms with E-state index in [4.69, 9.17) is 14.6 Å². The fraction of sp³-hybridized carbons (Fsp3) is 0.533. The standard InChI is InChI=1S/C15H19FO4/c1-19-8-10-5-14(20-2)13(16)6-11(10)12(7-15(17)18)9-3-4-9/h5-6,9,12H,3-4,7-8H2,1-2H3,(H,17,18). The normalized spacial score (nSPS) is 15.9. The third-order valence-corrected chi connectivity index (χ3v) is 3.70. The van der Waals surface area contributed by atoms with E-state index in [2.05, 4.69) is 0 Å². The molecule has 1 aliphatic rings. The molecule has 4 nitrogen and oxygen atoms in total. The van der Waals surface area contributed by atoms with Gasteiger partial charge in [0.2, 0.25) is 0 Å². The van der Waals surface area contributed by atoms with E-state index in [0.29, 0.717) is 12.5 Å². The first-order valence-electron chi connectivity index (χ1n) is 6.63. The Bertz CT molecular complexity index is 497. The Balaban J connectivity index is 2.40. The van der Waals surface area contributed by atoms with Gasteiger partial charge in [0.1, 0.15) is 0 Å². The van der Waals surface area contributed by atoms with Crippen molar-refractivity contribution in [2.75, 3.05) is 14.2 Å². The summed E-state index contributed by atoms with van der Waals surface area (Å²) in [6.07, 6.45) is 2.02. The average molecular weight is 282 g/mol. The summed E-state index contributed by atoms with van der Waals surface area (Å²) in [5.41, 5.74) is 1.53. The maximum Gasteiger partial charge on any atom is 0.303 e. The fourth-order valence-corrected chi connectivity index (χ4v) is 2.61. The maximum atomic E-state index is 13.9. The van der Waals surface area contributed by atoms with Crippen molar-refractivity contribution in [2.45, 2.75) is 31.8 Å². The van der Waals surface area contributed by atoms with Crippen molar-refractivity contribution in [3.05, 3.63) is 29.1 Å². The van der Waals surface area contributed by atoms with E-state index >= 15 is 0 Å². The molecule has 0 bridgehead atoms. The molecule has 0 aliphatic heterocycles. The second kappa shape index (κ2) is 6.22. The predicted molar refractivity (Wildman–Crippen MR) is 71.4 cm³/mol. The molecule has 0 radical (unpaired) electrons. The zero-order chi connectivity index (χ0) is 14.7. The molecule has 1 aromatic rings. The van der Waals surface area contributed by atoms with Crippen LogP contribution in [0.25, 0.3) is 0 Å². The van der Waals surface area contributed by atoms with Crippen molar-refractivity contribution < 1.29 is 23.8 Å². The lowest BCUT2D eigenvalue weighted by atomic mass is 9.87. The molecule has 0 spiro atoms. The average Bonchev–Trinajstić information content (AvgIpc) is 3.22. The molecule has 0 heterocycles. The number of benzene rings is 1. The molecule has 1 aliphatic carbocycles. The van der Waals surface area contributed by atoms with Crippen LogP contribution in [0.15, 0.2) is 12.1 Å². The van der Waals surface area contributed by atoms with Crippen LogP contribution in [0.1, 0.15) is 36.3 Å². The number of aliphatic carboxylic acids is 1. The van der Waals surface area contributed by atoms with Gasteiger partial charge in [-0.2, -0.15) is 0 Å².